The van der Waals surface area contributed by atoms with Crippen LogP contribution in [0.2, 0.25) is 0 Å². The van der Waals surface area contributed by atoms with Crippen LogP contribution in [0, 0.1) is 0 Å². The Labute approximate surface area is 112 Å². The summed E-state index contributed by atoms with van der Waals surface area (Å²) in [6.07, 6.45) is -4.34. The van der Waals surface area contributed by atoms with Crippen LogP contribution in [0.1, 0.15) is 19.4 Å². The van der Waals surface area contributed by atoms with Gasteiger partial charge >= 0.3 is 12.1 Å². The van der Waals surface area contributed by atoms with Gasteiger partial charge in [-0.1, -0.05) is 11.8 Å². The first-order valence-corrected chi connectivity index (χ1v) is 6.39. The molecule has 2 rings (SSSR count). The quantitative estimate of drug-likeness (QED) is 0.769. The number of halogens is 3. The highest BCUT2D eigenvalue weighted by Crippen LogP contribution is 2.36. The van der Waals surface area contributed by atoms with Crippen molar-refractivity contribution in [2.24, 2.45) is 0 Å². The standard InChI is InChI=1S/C13H11F3O2S/c1-7-8(2)12(18-11(7)17)19-10-5-3-9(4-6-10)13(14,15)16/h3-6,12H,1-2H3. The Morgan fingerprint density at radius 1 is 1.16 bits per heavy atom. The van der Waals surface area contributed by atoms with Crippen LogP contribution in [0.25, 0.3) is 0 Å². The molecule has 1 aliphatic heterocycles. The van der Waals surface area contributed by atoms with Crippen molar-refractivity contribution in [3.05, 3.63) is 41.0 Å². The molecule has 1 atom stereocenters. The van der Waals surface area contributed by atoms with Gasteiger partial charge in [0.15, 0.2) is 5.44 Å². The van der Waals surface area contributed by atoms with Gasteiger partial charge in [-0.2, -0.15) is 13.2 Å². The first-order chi connectivity index (χ1) is 8.79. The molecule has 0 fully saturated rings. The number of carbonyl (C=O) groups excluding carboxylic acids is 1. The van der Waals surface area contributed by atoms with Crippen LogP contribution in [0.4, 0.5) is 13.2 Å². The van der Waals surface area contributed by atoms with E-state index in [2.05, 4.69) is 0 Å². The molecule has 0 N–H and O–H groups in total. The van der Waals surface area contributed by atoms with Crippen molar-refractivity contribution in [1.29, 1.82) is 0 Å². The third kappa shape index (κ3) is 2.94. The fourth-order valence-corrected chi connectivity index (χ4v) is 2.60. The van der Waals surface area contributed by atoms with Crippen LogP contribution in [0.3, 0.4) is 0 Å². The van der Waals surface area contributed by atoms with E-state index in [1.54, 1.807) is 13.8 Å². The van der Waals surface area contributed by atoms with E-state index in [9.17, 15) is 18.0 Å². The number of cyclic esters (lactones) is 1. The summed E-state index contributed by atoms with van der Waals surface area (Å²) in [6, 6.07) is 4.79. The second-order valence-electron chi connectivity index (χ2n) is 4.19. The number of ether oxygens (including phenoxy) is 1. The lowest BCUT2D eigenvalue weighted by molar-refractivity contribution is -0.138. The molecule has 2 nitrogen and oxygen atoms in total. The minimum Gasteiger partial charge on any atom is -0.443 e. The normalized spacial score (nSPS) is 19.8. The summed E-state index contributed by atoms with van der Waals surface area (Å²) in [6.45, 7) is 3.45. The molecule has 1 unspecified atom stereocenters. The van der Waals surface area contributed by atoms with Gasteiger partial charge in [0, 0.05) is 10.5 Å². The van der Waals surface area contributed by atoms with Gasteiger partial charge in [-0.05, 0) is 43.7 Å². The fraction of sp³-hybridized carbons (Fsp3) is 0.308. The second kappa shape index (κ2) is 4.92. The number of hydrogen-bond acceptors (Lipinski definition) is 3. The average Bonchev–Trinajstić information content (AvgIpc) is 2.57. The summed E-state index contributed by atoms with van der Waals surface area (Å²) in [5, 5.41) is 0. The maximum atomic E-state index is 12.4. The topological polar surface area (TPSA) is 26.3 Å². The third-order valence-corrected chi connectivity index (χ3v) is 4.10. The highest BCUT2D eigenvalue weighted by Gasteiger charge is 2.31. The van der Waals surface area contributed by atoms with Crippen molar-refractivity contribution < 1.29 is 22.7 Å². The first-order valence-electron chi connectivity index (χ1n) is 5.51. The number of hydrogen-bond donors (Lipinski definition) is 0. The van der Waals surface area contributed by atoms with Gasteiger partial charge in [-0.15, -0.1) is 0 Å². The molecule has 0 aliphatic carbocycles. The Morgan fingerprint density at radius 2 is 1.74 bits per heavy atom. The molecule has 0 bridgehead atoms. The van der Waals surface area contributed by atoms with E-state index < -0.39 is 17.2 Å². The van der Waals surface area contributed by atoms with Gasteiger partial charge in [0.05, 0.1) is 5.56 Å². The van der Waals surface area contributed by atoms with Crippen molar-refractivity contribution in [2.75, 3.05) is 0 Å². The molecule has 102 valence electrons. The van der Waals surface area contributed by atoms with Gasteiger partial charge in [0.1, 0.15) is 0 Å². The zero-order chi connectivity index (χ0) is 14.2. The lowest BCUT2D eigenvalue weighted by atomic mass is 10.2. The maximum Gasteiger partial charge on any atom is 0.416 e. The molecular weight excluding hydrogens is 277 g/mol. The van der Waals surface area contributed by atoms with E-state index in [4.69, 9.17) is 4.74 Å². The Morgan fingerprint density at radius 3 is 2.16 bits per heavy atom. The molecule has 0 aromatic heterocycles. The molecule has 0 amide bonds. The Hall–Kier alpha value is -1.43. The molecule has 1 aliphatic rings. The molecule has 1 heterocycles. The van der Waals surface area contributed by atoms with Crippen LogP contribution in [0.5, 0.6) is 0 Å². The van der Waals surface area contributed by atoms with Crippen LogP contribution < -0.4 is 0 Å². The highest BCUT2D eigenvalue weighted by atomic mass is 32.2. The largest absolute Gasteiger partial charge is 0.443 e. The molecule has 6 heteroatoms. The van der Waals surface area contributed by atoms with Gasteiger partial charge in [-0.25, -0.2) is 4.79 Å². The van der Waals surface area contributed by atoms with Gasteiger partial charge < -0.3 is 4.74 Å². The van der Waals surface area contributed by atoms with E-state index in [1.807, 2.05) is 0 Å². The summed E-state index contributed by atoms with van der Waals surface area (Å²) < 4.78 is 42.3. The molecule has 1 aromatic rings. The number of benzene rings is 1. The van der Waals surface area contributed by atoms with Crippen LogP contribution in [-0.4, -0.2) is 11.4 Å². The van der Waals surface area contributed by atoms with Gasteiger partial charge in [-0.3, -0.25) is 0 Å². The molecule has 0 saturated carbocycles. The Kier molecular flexibility index (Phi) is 3.62. The smallest absolute Gasteiger partial charge is 0.416 e. The summed E-state index contributed by atoms with van der Waals surface area (Å²) in [4.78, 5) is 12.0. The first kappa shape index (κ1) is 14.0. The zero-order valence-electron chi connectivity index (χ0n) is 10.2. The predicted molar refractivity (Wildman–Crippen MR) is 65.6 cm³/mol. The molecule has 0 radical (unpaired) electrons. The Balaban J connectivity index is 2.12. The summed E-state index contributed by atoms with van der Waals surface area (Å²) in [7, 11) is 0. The van der Waals surface area contributed by atoms with Gasteiger partial charge in [0.25, 0.3) is 0 Å². The molecular formula is C13H11F3O2S. The lowest BCUT2D eigenvalue weighted by Gasteiger charge is -2.12. The van der Waals surface area contributed by atoms with Crippen molar-refractivity contribution in [3.63, 3.8) is 0 Å². The lowest BCUT2D eigenvalue weighted by Crippen LogP contribution is -2.06. The molecule has 19 heavy (non-hydrogen) atoms. The molecule has 0 spiro atoms. The molecule has 0 saturated heterocycles. The predicted octanol–water partition coefficient (Wildman–Crippen LogP) is 4.02. The maximum absolute atomic E-state index is 12.4. The van der Waals surface area contributed by atoms with Crippen LogP contribution in [-0.2, 0) is 15.7 Å². The monoisotopic (exact) mass is 288 g/mol. The van der Waals surface area contributed by atoms with E-state index in [0.717, 1.165) is 17.7 Å². The van der Waals surface area contributed by atoms with Crippen molar-refractivity contribution in [3.8, 4) is 0 Å². The van der Waals surface area contributed by atoms with Crippen molar-refractivity contribution >= 4 is 17.7 Å². The highest BCUT2D eigenvalue weighted by molar-refractivity contribution is 8.00. The van der Waals surface area contributed by atoms with E-state index >= 15 is 0 Å². The Bertz CT molecular complexity index is 532. The number of esters is 1. The van der Waals surface area contributed by atoms with E-state index in [0.29, 0.717) is 10.5 Å². The summed E-state index contributed by atoms with van der Waals surface area (Å²) in [5.74, 6) is -0.373. The van der Waals surface area contributed by atoms with Crippen molar-refractivity contribution in [1.82, 2.24) is 0 Å². The summed E-state index contributed by atoms with van der Waals surface area (Å²) in [5.41, 5.74) is 0.215. The number of alkyl halides is 3. The number of carbonyl (C=O) groups is 1. The molecule has 1 aromatic carbocycles. The van der Waals surface area contributed by atoms with E-state index in [1.165, 1.54) is 23.9 Å². The second-order valence-corrected chi connectivity index (χ2v) is 5.32. The van der Waals surface area contributed by atoms with Crippen molar-refractivity contribution in [2.45, 2.75) is 30.4 Å². The number of thioether (sulfide) groups is 1. The zero-order valence-corrected chi connectivity index (χ0v) is 11.1. The van der Waals surface area contributed by atoms with Crippen LogP contribution >= 0.6 is 11.8 Å². The minimum absolute atomic E-state index is 0.373. The van der Waals surface area contributed by atoms with E-state index in [-0.39, 0.29) is 5.97 Å². The average molecular weight is 288 g/mol. The fourth-order valence-electron chi connectivity index (χ4n) is 1.57. The third-order valence-electron chi connectivity index (χ3n) is 2.89. The summed E-state index contributed by atoms with van der Waals surface area (Å²) >= 11 is 1.22. The SMILES string of the molecule is CC1=C(C)C(Sc2ccc(C(F)(F)F)cc2)OC1=O. The van der Waals surface area contributed by atoms with Crippen LogP contribution in [0.15, 0.2) is 40.3 Å². The number of rotatable bonds is 2. The van der Waals surface area contributed by atoms with Gasteiger partial charge in [0.2, 0.25) is 0 Å². The minimum atomic E-state index is -4.34.